The molecular weight excluding hydrogens is 450 g/mol. The molecule has 1 aliphatic rings. The summed E-state index contributed by atoms with van der Waals surface area (Å²) in [5.41, 5.74) is 7.71. The van der Waals surface area contributed by atoms with Crippen LogP contribution in [0.5, 0.6) is 0 Å². The first-order chi connectivity index (χ1) is 15.1. The van der Waals surface area contributed by atoms with Crippen LogP contribution in [-0.4, -0.2) is 100 Å². The lowest BCUT2D eigenvalue weighted by Gasteiger charge is -2.29. The standard InChI is InChI=1S/C16H23N7O8S/c1-5(25)7(17)13(28)22-21-11-8-12(20-15(19-11)32-2)23(4-18-8)16(14(29)30)10(27)9(26)6(3-24)31-16/h4-7,9-10,24-27H,3,17H2,1-2H3,(H,22,28)(H,29,30)(H,19,20,21)/t5-,6-,7+,9-,10-,16+/m1/s1. The maximum absolute atomic E-state index is 12.2. The van der Waals surface area contributed by atoms with Crippen molar-refractivity contribution in [2.24, 2.45) is 5.73 Å². The minimum atomic E-state index is -2.54. The Morgan fingerprint density at radius 2 is 2.09 bits per heavy atom. The quantitative estimate of drug-likeness (QED) is 0.106. The van der Waals surface area contributed by atoms with Crippen LogP contribution in [0, 0.1) is 0 Å². The summed E-state index contributed by atoms with van der Waals surface area (Å²) in [5, 5.41) is 49.5. The Labute approximate surface area is 184 Å². The number of carboxylic acid groups (broad SMARTS) is 1. The van der Waals surface area contributed by atoms with Crippen LogP contribution in [0.1, 0.15) is 6.92 Å². The van der Waals surface area contributed by atoms with Crippen LogP contribution in [0.25, 0.3) is 11.2 Å². The van der Waals surface area contributed by atoms with Gasteiger partial charge in [0.15, 0.2) is 22.1 Å². The van der Waals surface area contributed by atoms with Gasteiger partial charge in [-0.3, -0.25) is 20.2 Å². The first kappa shape index (κ1) is 24.1. The van der Waals surface area contributed by atoms with Crippen molar-refractivity contribution in [2.45, 2.75) is 48.3 Å². The number of imidazole rings is 1. The lowest BCUT2D eigenvalue weighted by molar-refractivity contribution is -0.194. The van der Waals surface area contributed by atoms with E-state index >= 15 is 0 Å². The Kier molecular flexibility index (Phi) is 6.84. The maximum Gasteiger partial charge on any atom is 0.361 e. The van der Waals surface area contributed by atoms with E-state index in [0.717, 1.165) is 22.7 Å². The number of ether oxygens (including phenoxy) is 1. The Balaban J connectivity index is 2.08. The zero-order valence-corrected chi connectivity index (χ0v) is 17.7. The van der Waals surface area contributed by atoms with Crippen molar-refractivity contribution in [3.05, 3.63) is 6.33 Å². The van der Waals surface area contributed by atoms with Crippen LogP contribution in [-0.2, 0) is 20.1 Å². The molecule has 3 heterocycles. The predicted octanol–water partition coefficient (Wildman–Crippen LogP) is -3.45. The number of nitrogens with two attached hydrogens (primary N) is 1. The molecule has 16 heteroatoms. The highest BCUT2D eigenvalue weighted by Crippen LogP contribution is 2.38. The summed E-state index contributed by atoms with van der Waals surface area (Å²) in [4.78, 5) is 36.7. The Morgan fingerprint density at radius 1 is 1.41 bits per heavy atom. The van der Waals surface area contributed by atoms with Gasteiger partial charge in [-0.15, -0.1) is 0 Å². The highest BCUT2D eigenvalue weighted by molar-refractivity contribution is 7.98. The van der Waals surface area contributed by atoms with Gasteiger partial charge in [0.25, 0.3) is 11.6 Å². The van der Waals surface area contributed by atoms with Crippen molar-refractivity contribution >= 4 is 40.6 Å². The van der Waals surface area contributed by atoms with Gasteiger partial charge in [0, 0.05) is 0 Å². The number of thioether (sulfide) groups is 1. The van der Waals surface area contributed by atoms with Crippen molar-refractivity contribution < 1.29 is 39.9 Å². The molecule has 1 fully saturated rings. The molecule has 0 aromatic carbocycles. The topological polar surface area (TPSA) is 238 Å². The molecular formula is C16H23N7O8S. The summed E-state index contributed by atoms with van der Waals surface area (Å²) in [5.74, 6) is -2.44. The third-order valence-corrected chi connectivity index (χ3v) is 5.51. The number of hydrazine groups is 1. The lowest BCUT2D eigenvalue weighted by atomic mass is 10.0. The number of anilines is 1. The predicted molar refractivity (Wildman–Crippen MR) is 108 cm³/mol. The number of carboxylic acids is 1. The zero-order chi connectivity index (χ0) is 23.8. The normalized spacial score (nSPS) is 27.3. The third-order valence-electron chi connectivity index (χ3n) is 4.97. The number of hydrogen-bond acceptors (Lipinski definition) is 13. The second kappa shape index (κ2) is 9.10. The fourth-order valence-electron chi connectivity index (χ4n) is 3.15. The summed E-state index contributed by atoms with van der Waals surface area (Å²) in [6.07, 6.45) is -3.50. The molecule has 0 unspecified atom stereocenters. The number of nitrogens with one attached hydrogen (secondary N) is 2. The van der Waals surface area contributed by atoms with E-state index in [1.54, 1.807) is 6.26 Å². The number of hydrogen-bond donors (Lipinski definition) is 8. The highest BCUT2D eigenvalue weighted by Gasteiger charge is 2.61. The van der Waals surface area contributed by atoms with E-state index in [0.29, 0.717) is 0 Å². The smallest absolute Gasteiger partial charge is 0.361 e. The van der Waals surface area contributed by atoms with Crippen molar-refractivity contribution in [2.75, 3.05) is 18.3 Å². The van der Waals surface area contributed by atoms with Gasteiger partial charge in [-0.05, 0) is 13.2 Å². The van der Waals surface area contributed by atoms with Crippen molar-refractivity contribution in [1.82, 2.24) is 24.9 Å². The summed E-state index contributed by atoms with van der Waals surface area (Å²) in [7, 11) is 0. The van der Waals surface area contributed by atoms with E-state index in [1.165, 1.54) is 6.92 Å². The Hall–Kier alpha value is -2.60. The Morgan fingerprint density at radius 3 is 2.62 bits per heavy atom. The average molecular weight is 473 g/mol. The van der Waals surface area contributed by atoms with E-state index in [-0.39, 0.29) is 22.1 Å². The molecule has 3 rings (SSSR count). The summed E-state index contributed by atoms with van der Waals surface area (Å²) in [6.45, 7) is 0.597. The van der Waals surface area contributed by atoms with E-state index in [2.05, 4.69) is 25.8 Å². The zero-order valence-electron chi connectivity index (χ0n) is 16.9. The number of aliphatic carboxylic acids is 1. The van der Waals surface area contributed by atoms with E-state index in [9.17, 15) is 35.1 Å². The van der Waals surface area contributed by atoms with Crippen LogP contribution in [0.4, 0.5) is 5.82 Å². The highest BCUT2D eigenvalue weighted by atomic mass is 32.2. The molecule has 0 radical (unpaired) electrons. The van der Waals surface area contributed by atoms with Gasteiger partial charge in [0.1, 0.15) is 30.7 Å². The molecule has 2 aromatic rings. The molecule has 0 spiro atoms. The summed E-state index contributed by atoms with van der Waals surface area (Å²) in [6, 6.07) is -1.23. The van der Waals surface area contributed by atoms with E-state index in [4.69, 9.17) is 10.5 Å². The van der Waals surface area contributed by atoms with Crippen molar-refractivity contribution in [1.29, 1.82) is 0 Å². The Bertz CT molecular complexity index is 1020. The fourth-order valence-corrected chi connectivity index (χ4v) is 3.51. The van der Waals surface area contributed by atoms with Gasteiger partial charge in [-0.25, -0.2) is 19.7 Å². The molecule has 32 heavy (non-hydrogen) atoms. The van der Waals surface area contributed by atoms with E-state index in [1.807, 2.05) is 0 Å². The fraction of sp³-hybridized carbons (Fsp3) is 0.562. The molecule has 0 aliphatic carbocycles. The number of carbonyl (C=O) groups is 2. The van der Waals surface area contributed by atoms with E-state index < -0.39 is 54.7 Å². The number of rotatable bonds is 8. The minimum Gasteiger partial charge on any atom is -0.478 e. The monoisotopic (exact) mass is 473 g/mol. The average Bonchev–Trinajstić information content (AvgIpc) is 3.30. The molecule has 2 aromatic heterocycles. The van der Waals surface area contributed by atoms with Gasteiger partial charge < -0.3 is 36.0 Å². The van der Waals surface area contributed by atoms with Crippen LogP contribution in [0.15, 0.2) is 11.5 Å². The SMILES string of the molecule is CSc1nc(NNC(=O)[C@@H](N)[C@@H](C)O)c2ncn([C@]3(C(=O)O)O[C@H](CO)[C@@H](O)[C@H]3O)c2n1. The number of carbonyl (C=O) groups excluding carboxylic acids is 1. The lowest BCUT2D eigenvalue weighted by Crippen LogP contribution is -2.51. The first-order valence-electron chi connectivity index (χ1n) is 9.25. The molecule has 1 aliphatic heterocycles. The number of aliphatic hydroxyl groups is 4. The van der Waals surface area contributed by atoms with Crippen LogP contribution < -0.4 is 16.6 Å². The molecule has 0 saturated carbocycles. The molecule has 1 amide bonds. The number of amides is 1. The molecule has 1 saturated heterocycles. The van der Waals surface area contributed by atoms with Gasteiger partial charge in [-0.2, -0.15) is 0 Å². The molecule has 176 valence electrons. The van der Waals surface area contributed by atoms with Crippen LogP contribution in [0.3, 0.4) is 0 Å². The molecule has 15 nitrogen and oxygen atoms in total. The number of aromatic nitrogens is 4. The third kappa shape index (κ3) is 3.85. The first-order valence-corrected chi connectivity index (χ1v) is 10.5. The van der Waals surface area contributed by atoms with Gasteiger partial charge in [-0.1, -0.05) is 11.8 Å². The minimum absolute atomic E-state index is 0.00733. The van der Waals surface area contributed by atoms with Crippen LogP contribution in [0.2, 0.25) is 0 Å². The van der Waals surface area contributed by atoms with Crippen molar-refractivity contribution in [3.8, 4) is 0 Å². The number of fused-ring (bicyclic) bond motifs is 1. The number of nitrogens with zero attached hydrogens (tertiary/aromatic N) is 4. The van der Waals surface area contributed by atoms with Gasteiger partial charge >= 0.3 is 5.97 Å². The van der Waals surface area contributed by atoms with Gasteiger partial charge in [0.05, 0.1) is 12.7 Å². The molecule has 6 atom stereocenters. The largest absolute Gasteiger partial charge is 0.478 e. The van der Waals surface area contributed by atoms with Crippen molar-refractivity contribution in [3.63, 3.8) is 0 Å². The van der Waals surface area contributed by atoms with Crippen LogP contribution >= 0.6 is 11.8 Å². The second-order valence-electron chi connectivity index (χ2n) is 7.00. The summed E-state index contributed by atoms with van der Waals surface area (Å²) >= 11 is 1.09. The summed E-state index contributed by atoms with van der Waals surface area (Å²) < 4.78 is 6.28. The maximum atomic E-state index is 12.2. The molecule has 0 bridgehead atoms. The molecule has 9 N–H and O–H groups in total. The van der Waals surface area contributed by atoms with Gasteiger partial charge in [0.2, 0.25) is 0 Å². The second-order valence-corrected chi connectivity index (χ2v) is 7.78. The number of aliphatic hydroxyl groups excluding tert-OH is 4.